The number of aryl methyl sites for hydroxylation is 1. The Morgan fingerprint density at radius 1 is 1.28 bits per heavy atom. The van der Waals surface area contributed by atoms with Gasteiger partial charge in [-0.3, -0.25) is 10.00 Å². The summed E-state index contributed by atoms with van der Waals surface area (Å²) in [6.45, 7) is 4.85. The van der Waals surface area contributed by atoms with Crippen molar-refractivity contribution >= 4 is 0 Å². The number of nitrogens with one attached hydrogen (secondary N) is 1. The van der Waals surface area contributed by atoms with Crippen LogP contribution in [0.2, 0.25) is 0 Å². The standard InChI is InChI=1S/C19H23N5O/c1-14-10-17(22-21-14)16-8-5-9-24(12-16)13-18-20-19(25-23-18)11-15-6-3-2-4-7-15/h2-4,6-7,10,16H,5,8-9,11-13H2,1H3,(H,21,22)/t16-/m1/s1. The Morgan fingerprint density at radius 2 is 2.16 bits per heavy atom. The smallest absolute Gasteiger partial charge is 0.231 e. The molecule has 1 fully saturated rings. The first-order chi connectivity index (χ1) is 12.3. The topological polar surface area (TPSA) is 70.8 Å². The molecule has 0 bridgehead atoms. The SMILES string of the molecule is Cc1cc([C@@H]2CCCN(Cc3noc(Cc4ccccc4)n3)C2)n[nH]1. The van der Waals surface area contributed by atoms with Crippen LogP contribution in [0.25, 0.3) is 0 Å². The second kappa shape index (κ2) is 7.19. The summed E-state index contributed by atoms with van der Waals surface area (Å²) in [6, 6.07) is 12.4. The minimum Gasteiger partial charge on any atom is -0.339 e. The minimum absolute atomic E-state index is 0.481. The number of hydrogen-bond donors (Lipinski definition) is 1. The summed E-state index contributed by atoms with van der Waals surface area (Å²) >= 11 is 0. The maximum atomic E-state index is 5.42. The molecular weight excluding hydrogens is 314 g/mol. The monoisotopic (exact) mass is 337 g/mol. The van der Waals surface area contributed by atoms with Gasteiger partial charge in [0.05, 0.1) is 18.7 Å². The number of hydrogen-bond acceptors (Lipinski definition) is 5. The normalized spacial score (nSPS) is 18.5. The average molecular weight is 337 g/mol. The third kappa shape index (κ3) is 3.96. The minimum atomic E-state index is 0.481. The van der Waals surface area contributed by atoms with E-state index in [2.05, 4.69) is 43.4 Å². The molecule has 0 aliphatic carbocycles. The summed E-state index contributed by atoms with van der Waals surface area (Å²) in [4.78, 5) is 6.96. The molecule has 130 valence electrons. The molecule has 3 heterocycles. The Morgan fingerprint density at radius 3 is 2.96 bits per heavy atom. The summed E-state index contributed by atoms with van der Waals surface area (Å²) in [5.74, 6) is 1.93. The van der Waals surface area contributed by atoms with Crippen LogP contribution in [0, 0.1) is 6.92 Å². The molecule has 0 radical (unpaired) electrons. The first kappa shape index (κ1) is 16.0. The number of rotatable bonds is 5. The summed E-state index contributed by atoms with van der Waals surface area (Å²) in [5.41, 5.74) is 3.47. The third-order valence-electron chi connectivity index (χ3n) is 4.72. The second-order valence-corrected chi connectivity index (χ2v) is 6.82. The summed E-state index contributed by atoms with van der Waals surface area (Å²) in [7, 11) is 0. The fourth-order valence-electron chi connectivity index (χ4n) is 3.49. The van der Waals surface area contributed by atoms with Crippen LogP contribution in [0.4, 0.5) is 0 Å². The van der Waals surface area contributed by atoms with Gasteiger partial charge >= 0.3 is 0 Å². The molecule has 25 heavy (non-hydrogen) atoms. The molecule has 4 rings (SSSR count). The number of benzene rings is 1. The zero-order valence-corrected chi connectivity index (χ0v) is 14.5. The number of piperidine rings is 1. The van der Waals surface area contributed by atoms with E-state index in [4.69, 9.17) is 4.52 Å². The zero-order valence-electron chi connectivity index (χ0n) is 14.5. The molecule has 0 spiro atoms. The Balaban J connectivity index is 1.37. The Hall–Kier alpha value is -2.47. The molecule has 0 amide bonds. The van der Waals surface area contributed by atoms with E-state index in [0.717, 1.165) is 31.2 Å². The molecule has 0 saturated carbocycles. The fraction of sp³-hybridized carbons (Fsp3) is 0.421. The fourth-order valence-corrected chi connectivity index (χ4v) is 3.49. The number of aromatic nitrogens is 4. The zero-order chi connectivity index (χ0) is 17.1. The lowest BCUT2D eigenvalue weighted by atomic mass is 9.94. The van der Waals surface area contributed by atoms with Crippen LogP contribution in [0.5, 0.6) is 0 Å². The highest BCUT2D eigenvalue weighted by molar-refractivity contribution is 5.18. The molecule has 2 aromatic heterocycles. The largest absolute Gasteiger partial charge is 0.339 e. The van der Waals surface area contributed by atoms with Gasteiger partial charge in [0.2, 0.25) is 5.89 Å². The van der Waals surface area contributed by atoms with E-state index in [1.165, 1.54) is 24.1 Å². The number of likely N-dealkylation sites (tertiary alicyclic amines) is 1. The van der Waals surface area contributed by atoms with Gasteiger partial charge in [0, 0.05) is 18.2 Å². The maximum Gasteiger partial charge on any atom is 0.231 e. The van der Waals surface area contributed by atoms with Crippen molar-refractivity contribution in [3.63, 3.8) is 0 Å². The molecule has 1 aromatic carbocycles. The van der Waals surface area contributed by atoms with Crippen molar-refractivity contribution in [2.45, 2.75) is 38.6 Å². The summed E-state index contributed by atoms with van der Waals surface area (Å²) in [5, 5.41) is 11.6. The van der Waals surface area contributed by atoms with Crippen molar-refractivity contribution < 1.29 is 4.52 Å². The van der Waals surface area contributed by atoms with Gasteiger partial charge in [-0.25, -0.2) is 0 Å². The van der Waals surface area contributed by atoms with Gasteiger partial charge in [-0.1, -0.05) is 35.5 Å². The molecule has 0 unspecified atom stereocenters. The van der Waals surface area contributed by atoms with Crippen LogP contribution in [-0.4, -0.2) is 38.3 Å². The predicted molar refractivity (Wildman–Crippen MR) is 94.1 cm³/mol. The van der Waals surface area contributed by atoms with E-state index in [-0.39, 0.29) is 0 Å². The van der Waals surface area contributed by atoms with Crippen molar-refractivity contribution in [3.8, 4) is 0 Å². The van der Waals surface area contributed by atoms with Crippen molar-refractivity contribution in [3.05, 3.63) is 65.1 Å². The average Bonchev–Trinajstić information content (AvgIpc) is 3.25. The van der Waals surface area contributed by atoms with Gasteiger partial charge in [-0.2, -0.15) is 10.1 Å². The molecule has 1 atom stereocenters. The van der Waals surface area contributed by atoms with E-state index < -0.39 is 0 Å². The highest BCUT2D eigenvalue weighted by Gasteiger charge is 2.24. The lowest BCUT2D eigenvalue weighted by molar-refractivity contribution is 0.192. The molecule has 1 aliphatic heterocycles. The predicted octanol–water partition coefficient (Wildman–Crippen LogP) is 3.07. The second-order valence-electron chi connectivity index (χ2n) is 6.82. The first-order valence-corrected chi connectivity index (χ1v) is 8.86. The number of H-pyrrole nitrogens is 1. The van der Waals surface area contributed by atoms with Crippen molar-refractivity contribution in [2.75, 3.05) is 13.1 Å². The van der Waals surface area contributed by atoms with Gasteiger partial charge in [0.25, 0.3) is 0 Å². The molecule has 6 nitrogen and oxygen atoms in total. The van der Waals surface area contributed by atoms with Crippen LogP contribution in [0.1, 0.15) is 47.4 Å². The van der Waals surface area contributed by atoms with Crippen LogP contribution < -0.4 is 0 Å². The van der Waals surface area contributed by atoms with E-state index in [1.807, 2.05) is 25.1 Å². The summed E-state index contributed by atoms with van der Waals surface area (Å²) < 4.78 is 5.42. The Bertz CT molecular complexity index is 810. The van der Waals surface area contributed by atoms with Crippen LogP contribution in [0.15, 0.2) is 40.9 Å². The van der Waals surface area contributed by atoms with Crippen molar-refractivity contribution in [1.82, 2.24) is 25.2 Å². The van der Waals surface area contributed by atoms with E-state index in [1.54, 1.807) is 0 Å². The Labute approximate surface area is 147 Å². The highest BCUT2D eigenvalue weighted by atomic mass is 16.5. The van der Waals surface area contributed by atoms with Gasteiger partial charge in [0.15, 0.2) is 5.82 Å². The van der Waals surface area contributed by atoms with Crippen LogP contribution in [0.3, 0.4) is 0 Å². The molecule has 6 heteroatoms. The lowest BCUT2D eigenvalue weighted by Gasteiger charge is -2.30. The van der Waals surface area contributed by atoms with E-state index >= 15 is 0 Å². The van der Waals surface area contributed by atoms with Crippen molar-refractivity contribution in [2.24, 2.45) is 0 Å². The number of nitrogens with zero attached hydrogens (tertiary/aromatic N) is 4. The maximum absolute atomic E-state index is 5.42. The van der Waals surface area contributed by atoms with Crippen molar-refractivity contribution in [1.29, 1.82) is 0 Å². The van der Waals surface area contributed by atoms with Crippen LogP contribution in [-0.2, 0) is 13.0 Å². The van der Waals surface area contributed by atoms with Gasteiger partial charge < -0.3 is 4.52 Å². The van der Waals surface area contributed by atoms with E-state index in [9.17, 15) is 0 Å². The van der Waals surface area contributed by atoms with E-state index in [0.29, 0.717) is 18.2 Å². The summed E-state index contributed by atoms with van der Waals surface area (Å²) in [6.07, 6.45) is 3.04. The van der Waals surface area contributed by atoms with Gasteiger partial charge in [-0.05, 0) is 37.9 Å². The third-order valence-corrected chi connectivity index (χ3v) is 4.72. The molecular formula is C19H23N5O. The Kier molecular flexibility index (Phi) is 4.61. The van der Waals surface area contributed by atoms with Gasteiger partial charge in [-0.15, -0.1) is 0 Å². The van der Waals surface area contributed by atoms with Crippen LogP contribution >= 0.6 is 0 Å². The first-order valence-electron chi connectivity index (χ1n) is 8.86. The highest BCUT2D eigenvalue weighted by Crippen LogP contribution is 2.26. The molecule has 3 aromatic rings. The lowest BCUT2D eigenvalue weighted by Crippen LogP contribution is -2.34. The molecule has 1 N–H and O–H groups in total. The molecule has 1 saturated heterocycles. The molecule has 1 aliphatic rings. The quantitative estimate of drug-likeness (QED) is 0.775. The number of aromatic amines is 1. The van der Waals surface area contributed by atoms with Gasteiger partial charge in [0.1, 0.15) is 0 Å².